The monoisotopic (exact) mass is 284 g/mol. The highest BCUT2D eigenvalue weighted by atomic mass is 35.5. The van der Waals surface area contributed by atoms with Gasteiger partial charge in [0.1, 0.15) is 0 Å². The molecule has 2 aromatic rings. The molecule has 0 saturated carbocycles. The lowest BCUT2D eigenvalue weighted by molar-refractivity contribution is 0.860. The van der Waals surface area contributed by atoms with Gasteiger partial charge in [0, 0.05) is 4.88 Å². The van der Waals surface area contributed by atoms with E-state index in [1.165, 1.54) is 0 Å². The standard InChI is InChI=1S/C10H13ClN6S/c1-4-7(18-6(3)13-4)5(2)14-10-16-8(11)15-9(12)17-10/h5H,1-3H3,(H3,12,14,15,16,17). The number of hydrogen-bond donors (Lipinski definition) is 2. The van der Waals surface area contributed by atoms with Gasteiger partial charge in [-0.25, -0.2) is 4.98 Å². The fraction of sp³-hybridized carbons (Fsp3) is 0.400. The first kappa shape index (κ1) is 13.0. The number of thiazole rings is 1. The van der Waals surface area contributed by atoms with Crippen LogP contribution in [0.3, 0.4) is 0 Å². The molecular weight excluding hydrogens is 272 g/mol. The summed E-state index contributed by atoms with van der Waals surface area (Å²) in [4.78, 5) is 17.2. The van der Waals surface area contributed by atoms with Crippen LogP contribution >= 0.6 is 22.9 Å². The van der Waals surface area contributed by atoms with Gasteiger partial charge in [0.15, 0.2) is 0 Å². The molecule has 0 bridgehead atoms. The topological polar surface area (TPSA) is 89.6 Å². The molecule has 0 aromatic carbocycles. The Bertz CT molecular complexity index is 549. The lowest BCUT2D eigenvalue weighted by Gasteiger charge is -2.12. The summed E-state index contributed by atoms with van der Waals surface area (Å²) in [7, 11) is 0. The van der Waals surface area contributed by atoms with Crippen molar-refractivity contribution in [3.05, 3.63) is 20.9 Å². The molecule has 0 amide bonds. The van der Waals surface area contributed by atoms with Crippen molar-refractivity contribution >= 4 is 34.8 Å². The molecular formula is C10H13ClN6S. The average molecular weight is 285 g/mol. The predicted octanol–water partition coefficient (Wildman–Crippen LogP) is 2.35. The zero-order chi connectivity index (χ0) is 13.3. The van der Waals surface area contributed by atoms with Gasteiger partial charge < -0.3 is 11.1 Å². The molecule has 6 nitrogen and oxygen atoms in total. The third-order valence-corrected chi connectivity index (χ3v) is 3.73. The molecule has 8 heteroatoms. The van der Waals surface area contributed by atoms with Gasteiger partial charge in [-0.05, 0) is 32.4 Å². The van der Waals surface area contributed by atoms with Gasteiger partial charge in [0.05, 0.1) is 16.7 Å². The Morgan fingerprint density at radius 1 is 1.22 bits per heavy atom. The Labute approximate surface area is 114 Å². The average Bonchev–Trinajstić information content (AvgIpc) is 2.56. The van der Waals surface area contributed by atoms with E-state index < -0.39 is 0 Å². The van der Waals surface area contributed by atoms with Gasteiger partial charge in [0.2, 0.25) is 17.2 Å². The third kappa shape index (κ3) is 2.85. The highest BCUT2D eigenvalue weighted by Crippen LogP contribution is 2.26. The van der Waals surface area contributed by atoms with Crippen molar-refractivity contribution in [2.45, 2.75) is 26.8 Å². The van der Waals surface area contributed by atoms with Crippen molar-refractivity contribution in [1.29, 1.82) is 0 Å². The molecule has 0 spiro atoms. The van der Waals surface area contributed by atoms with E-state index in [2.05, 4.69) is 25.3 Å². The number of aryl methyl sites for hydroxylation is 2. The summed E-state index contributed by atoms with van der Waals surface area (Å²) in [6.07, 6.45) is 0. The molecule has 0 aliphatic rings. The first-order valence-corrected chi connectivity index (χ1v) is 6.52. The van der Waals surface area contributed by atoms with Gasteiger partial charge in [-0.1, -0.05) is 0 Å². The van der Waals surface area contributed by atoms with E-state index in [4.69, 9.17) is 17.3 Å². The van der Waals surface area contributed by atoms with Crippen LogP contribution in [0.4, 0.5) is 11.9 Å². The van der Waals surface area contributed by atoms with Crippen molar-refractivity contribution in [2.75, 3.05) is 11.1 Å². The van der Waals surface area contributed by atoms with Crippen molar-refractivity contribution in [1.82, 2.24) is 19.9 Å². The van der Waals surface area contributed by atoms with Crippen molar-refractivity contribution in [3.8, 4) is 0 Å². The highest BCUT2D eigenvalue weighted by molar-refractivity contribution is 7.11. The SMILES string of the molecule is Cc1nc(C)c(C(C)Nc2nc(N)nc(Cl)n2)s1. The molecule has 2 aromatic heterocycles. The van der Waals surface area contributed by atoms with E-state index in [1.807, 2.05) is 20.8 Å². The molecule has 18 heavy (non-hydrogen) atoms. The van der Waals surface area contributed by atoms with Crippen molar-refractivity contribution in [2.24, 2.45) is 0 Å². The summed E-state index contributed by atoms with van der Waals surface area (Å²) < 4.78 is 0. The Balaban J connectivity index is 2.20. The van der Waals surface area contributed by atoms with Gasteiger partial charge in [-0.3, -0.25) is 0 Å². The number of nitrogen functional groups attached to an aromatic ring is 1. The summed E-state index contributed by atoms with van der Waals surface area (Å²) in [6, 6.07) is 0.0362. The van der Waals surface area contributed by atoms with Gasteiger partial charge >= 0.3 is 0 Å². The lowest BCUT2D eigenvalue weighted by Crippen LogP contribution is -2.11. The van der Waals surface area contributed by atoms with Gasteiger partial charge in [-0.2, -0.15) is 15.0 Å². The van der Waals surface area contributed by atoms with Crippen LogP contribution in [-0.2, 0) is 0 Å². The third-order valence-electron chi connectivity index (χ3n) is 2.30. The van der Waals surface area contributed by atoms with Crippen LogP contribution in [0.1, 0.15) is 28.5 Å². The maximum absolute atomic E-state index is 5.72. The second-order valence-electron chi connectivity index (χ2n) is 3.83. The number of nitrogens with one attached hydrogen (secondary N) is 1. The van der Waals surface area contributed by atoms with Gasteiger partial charge in [0.25, 0.3) is 0 Å². The molecule has 96 valence electrons. The number of rotatable bonds is 3. The first-order chi connectivity index (χ1) is 8.45. The van der Waals surface area contributed by atoms with Crippen LogP contribution in [-0.4, -0.2) is 19.9 Å². The predicted molar refractivity (Wildman–Crippen MR) is 72.9 cm³/mol. The number of halogens is 1. The molecule has 0 saturated heterocycles. The Morgan fingerprint density at radius 2 is 1.94 bits per heavy atom. The number of anilines is 2. The minimum atomic E-state index is 0.0362. The number of aromatic nitrogens is 4. The molecule has 3 N–H and O–H groups in total. The van der Waals surface area contributed by atoms with Crippen LogP contribution in [0.5, 0.6) is 0 Å². The molecule has 1 atom stereocenters. The Kier molecular flexibility index (Phi) is 3.63. The van der Waals surface area contributed by atoms with Crippen LogP contribution in [0.25, 0.3) is 0 Å². The number of nitrogens with two attached hydrogens (primary N) is 1. The van der Waals surface area contributed by atoms with Crippen molar-refractivity contribution < 1.29 is 0 Å². The summed E-state index contributed by atoms with van der Waals surface area (Å²) in [5.41, 5.74) is 6.52. The molecule has 0 aliphatic heterocycles. The smallest absolute Gasteiger partial charge is 0.229 e. The summed E-state index contributed by atoms with van der Waals surface area (Å²) in [5.74, 6) is 0.465. The number of nitrogens with zero attached hydrogens (tertiary/aromatic N) is 4. The second kappa shape index (κ2) is 5.03. The zero-order valence-electron chi connectivity index (χ0n) is 10.2. The lowest BCUT2D eigenvalue weighted by atomic mass is 10.2. The maximum Gasteiger partial charge on any atom is 0.229 e. The van der Waals surface area contributed by atoms with Gasteiger partial charge in [-0.15, -0.1) is 11.3 Å². The minimum absolute atomic E-state index is 0.0362. The highest BCUT2D eigenvalue weighted by Gasteiger charge is 2.14. The maximum atomic E-state index is 5.72. The number of hydrogen-bond acceptors (Lipinski definition) is 7. The largest absolute Gasteiger partial charge is 0.368 e. The molecule has 0 radical (unpaired) electrons. The Hall–Kier alpha value is -1.47. The van der Waals surface area contributed by atoms with Crippen LogP contribution in [0.2, 0.25) is 5.28 Å². The minimum Gasteiger partial charge on any atom is -0.368 e. The van der Waals surface area contributed by atoms with E-state index in [0.29, 0.717) is 5.95 Å². The molecule has 0 fully saturated rings. The van der Waals surface area contributed by atoms with Crippen molar-refractivity contribution in [3.63, 3.8) is 0 Å². The summed E-state index contributed by atoms with van der Waals surface area (Å²) in [5, 5.41) is 4.25. The fourth-order valence-corrected chi connectivity index (χ4v) is 2.73. The second-order valence-corrected chi connectivity index (χ2v) is 5.41. The van der Waals surface area contributed by atoms with Crippen LogP contribution < -0.4 is 11.1 Å². The van der Waals surface area contributed by atoms with E-state index >= 15 is 0 Å². The molecule has 2 heterocycles. The molecule has 2 rings (SSSR count). The fourth-order valence-electron chi connectivity index (χ4n) is 1.64. The molecule has 1 unspecified atom stereocenters. The normalized spacial score (nSPS) is 12.4. The Morgan fingerprint density at radius 3 is 2.50 bits per heavy atom. The van der Waals surface area contributed by atoms with E-state index in [9.17, 15) is 0 Å². The summed E-state index contributed by atoms with van der Waals surface area (Å²) in [6.45, 7) is 5.96. The van der Waals surface area contributed by atoms with Crippen LogP contribution in [0, 0.1) is 13.8 Å². The summed E-state index contributed by atoms with van der Waals surface area (Å²) >= 11 is 7.36. The zero-order valence-corrected chi connectivity index (χ0v) is 11.8. The quantitative estimate of drug-likeness (QED) is 0.899. The van der Waals surface area contributed by atoms with E-state index in [1.54, 1.807) is 11.3 Å². The van der Waals surface area contributed by atoms with E-state index in [0.717, 1.165) is 15.6 Å². The molecule has 0 aliphatic carbocycles. The van der Waals surface area contributed by atoms with E-state index in [-0.39, 0.29) is 17.3 Å². The van der Waals surface area contributed by atoms with Crippen LogP contribution in [0.15, 0.2) is 0 Å². The first-order valence-electron chi connectivity index (χ1n) is 5.33.